The van der Waals surface area contributed by atoms with Crippen molar-refractivity contribution < 1.29 is 13.6 Å². The van der Waals surface area contributed by atoms with Crippen molar-refractivity contribution in [3.8, 4) is 0 Å². The van der Waals surface area contributed by atoms with Gasteiger partial charge < -0.3 is 9.32 Å². The molecule has 0 bridgehead atoms. The van der Waals surface area contributed by atoms with Crippen molar-refractivity contribution in [1.82, 2.24) is 4.90 Å². The van der Waals surface area contributed by atoms with E-state index < -0.39 is 0 Å². The van der Waals surface area contributed by atoms with Crippen LogP contribution in [-0.4, -0.2) is 35.6 Å². The van der Waals surface area contributed by atoms with Gasteiger partial charge in [-0.15, -0.1) is 0 Å². The summed E-state index contributed by atoms with van der Waals surface area (Å²) in [5.41, 5.74) is 0.614. The number of carbonyl (C=O) groups excluding carboxylic acids is 1. The second kappa shape index (κ2) is 8.86. The zero-order valence-electron chi connectivity index (χ0n) is 16.4. The lowest BCUT2D eigenvalue weighted by Crippen LogP contribution is -2.28. The minimum atomic E-state index is -0.310. The first-order valence-corrected chi connectivity index (χ1v) is 10.9. The van der Waals surface area contributed by atoms with Gasteiger partial charge in [0, 0.05) is 31.8 Å². The van der Waals surface area contributed by atoms with E-state index in [1.807, 2.05) is 19.1 Å². The SMILES string of the molecule is CCN1C(=O)/C(=C\c2ccc(N3CCCCCC3)o2)SC1=Nc1ccc(F)cc1. The summed E-state index contributed by atoms with van der Waals surface area (Å²) < 4.78 is 19.1. The number of halogens is 1. The molecular weight excluding hydrogens is 389 g/mol. The minimum absolute atomic E-state index is 0.0916. The monoisotopic (exact) mass is 413 g/mol. The molecule has 7 heteroatoms. The van der Waals surface area contributed by atoms with Gasteiger partial charge in [-0.05, 0) is 61.9 Å². The molecule has 29 heavy (non-hydrogen) atoms. The van der Waals surface area contributed by atoms with E-state index in [2.05, 4.69) is 9.89 Å². The molecule has 2 aromatic rings. The van der Waals surface area contributed by atoms with E-state index in [4.69, 9.17) is 4.42 Å². The summed E-state index contributed by atoms with van der Waals surface area (Å²) >= 11 is 1.31. The fourth-order valence-electron chi connectivity index (χ4n) is 3.51. The molecule has 1 aromatic heterocycles. The third-order valence-corrected chi connectivity index (χ3v) is 6.07. The standard InChI is InChI=1S/C22H24FN3O2S/c1-2-26-21(27)19(29-22(26)24-17-9-7-16(23)8-10-17)15-18-11-12-20(28-18)25-13-5-3-4-6-14-25/h7-12,15H,2-6,13-14H2,1H3/b19-15+,24-22?. The van der Waals surface area contributed by atoms with Crippen molar-refractivity contribution in [2.24, 2.45) is 4.99 Å². The number of aliphatic imine (C=N–C) groups is 1. The lowest BCUT2D eigenvalue weighted by molar-refractivity contribution is -0.122. The summed E-state index contributed by atoms with van der Waals surface area (Å²) in [4.78, 5) is 21.8. The van der Waals surface area contributed by atoms with Gasteiger partial charge in [0.2, 0.25) is 0 Å². The van der Waals surface area contributed by atoms with Gasteiger partial charge in [0.25, 0.3) is 5.91 Å². The van der Waals surface area contributed by atoms with Gasteiger partial charge in [0.15, 0.2) is 11.1 Å². The summed E-state index contributed by atoms with van der Waals surface area (Å²) in [6.07, 6.45) is 6.68. The number of benzene rings is 1. The summed E-state index contributed by atoms with van der Waals surface area (Å²) in [7, 11) is 0. The predicted octanol–water partition coefficient (Wildman–Crippen LogP) is 5.42. The van der Waals surface area contributed by atoms with Crippen molar-refractivity contribution >= 4 is 40.5 Å². The van der Waals surface area contributed by atoms with Crippen LogP contribution in [0.4, 0.5) is 16.0 Å². The first-order valence-electron chi connectivity index (χ1n) is 10.0. The molecule has 0 spiro atoms. The van der Waals surface area contributed by atoms with Crippen molar-refractivity contribution in [1.29, 1.82) is 0 Å². The summed E-state index contributed by atoms with van der Waals surface area (Å²) in [5, 5.41) is 0.592. The number of thioether (sulfide) groups is 1. The molecule has 2 fully saturated rings. The van der Waals surface area contributed by atoms with Gasteiger partial charge in [-0.25, -0.2) is 9.38 Å². The van der Waals surface area contributed by atoms with Crippen LogP contribution in [-0.2, 0) is 4.79 Å². The fraction of sp³-hybridized carbons (Fsp3) is 0.364. The molecule has 0 aliphatic carbocycles. The van der Waals surface area contributed by atoms with Crippen LogP contribution in [0.3, 0.4) is 0 Å². The van der Waals surface area contributed by atoms with E-state index in [1.54, 1.807) is 23.1 Å². The lowest BCUT2D eigenvalue weighted by Gasteiger charge is -2.18. The molecule has 0 radical (unpaired) electrons. The topological polar surface area (TPSA) is 49.1 Å². The number of furan rings is 1. The van der Waals surface area contributed by atoms with Gasteiger partial charge in [0.05, 0.1) is 10.6 Å². The van der Waals surface area contributed by atoms with Crippen LogP contribution >= 0.6 is 11.8 Å². The quantitative estimate of drug-likeness (QED) is 0.628. The Balaban J connectivity index is 1.54. The molecule has 0 N–H and O–H groups in total. The average molecular weight is 414 g/mol. The zero-order valence-corrected chi connectivity index (χ0v) is 17.3. The second-order valence-electron chi connectivity index (χ2n) is 7.11. The molecule has 5 nitrogen and oxygen atoms in total. The number of likely N-dealkylation sites (N-methyl/N-ethyl adjacent to an activating group) is 1. The highest BCUT2D eigenvalue weighted by atomic mass is 32.2. The Morgan fingerprint density at radius 2 is 1.83 bits per heavy atom. The number of hydrogen-bond acceptors (Lipinski definition) is 5. The number of amides is 1. The maximum Gasteiger partial charge on any atom is 0.266 e. The molecule has 2 aliphatic rings. The highest BCUT2D eigenvalue weighted by Crippen LogP contribution is 2.35. The molecule has 0 saturated carbocycles. The molecule has 4 rings (SSSR count). The first-order chi connectivity index (χ1) is 14.1. The van der Waals surface area contributed by atoms with E-state index in [9.17, 15) is 9.18 Å². The van der Waals surface area contributed by atoms with Gasteiger partial charge in [-0.1, -0.05) is 12.8 Å². The van der Waals surface area contributed by atoms with Crippen LogP contribution in [0.25, 0.3) is 6.08 Å². The van der Waals surface area contributed by atoms with Gasteiger partial charge in [-0.2, -0.15) is 0 Å². The Morgan fingerprint density at radius 3 is 2.52 bits per heavy atom. The summed E-state index contributed by atoms with van der Waals surface area (Å²) in [6.45, 7) is 4.44. The Bertz CT molecular complexity index is 928. The minimum Gasteiger partial charge on any atom is -0.441 e. The van der Waals surface area contributed by atoms with Gasteiger partial charge in [-0.3, -0.25) is 9.69 Å². The van der Waals surface area contributed by atoms with E-state index in [0.29, 0.717) is 28.1 Å². The van der Waals surface area contributed by atoms with Crippen molar-refractivity contribution in [2.45, 2.75) is 32.6 Å². The van der Waals surface area contributed by atoms with E-state index in [0.717, 1.165) is 19.0 Å². The Morgan fingerprint density at radius 1 is 1.10 bits per heavy atom. The van der Waals surface area contributed by atoms with Crippen LogP contribution in [0.15, 0.2) is 50.7 Å². The van der Waals surface area contributed by atoms with Crippen LogP contribution in [0.1, 0.15) is 38.4 Å². The third-order valence-electron chi connectivity index (χ3n) is 5.06. The Hall–Kier alpha value is -2.54. The highest BCUT2D eigenvalue weighted by Gasteiger charge is 2.32. The lowest BCUT2D eigenvalue weighted by atomic mass is 10.2. The van der Waals surface area contributed by atoms with Crippen LogP contribution in [0.2, 0.25) is 0 Å². The van der Waals surface area contributed by atoms with E-state index >= 15 is 0 Å². The van der Waals surface area contributed by atoms with Gasteiger partial charge in [0.1, 0.15) is 11.6 Å². The molecule has 2 saturated heterocycles. The predicted molar refractivity (Wildman–Crippen MR) is 116 cm³/mol. The van der Waals surface area contributed by atoms with Crippen LogP contribution < -0.4 is 4.90 Å². The fourth-order valence-corrected chi connectivity index (χ4v) is 4.55. The molecule has 3 heterocycles. The molecule has 1 aromatic carbocycles. The van der Waals surface area contributed by atoms with Crippen LogP contribution in [0, 0.1) is 5.82 Å². The zero-order chi connectivity index (χ0) is 20.2. The molecular formula is C22H24FN3O2S. The largest absolute Gasteiger partial charge is 0.441 e. The molecule has 0 unspecified atom stereocenters. The highest BCUT2D eigenvalue weighted by molar-refractivity contribution is 8.18. The molecule has 152 valence electrons. The van der Waals surface area contributed by atoms with Gasteiger partial charge >= 0.3 is 0 Å². The number of nitrogens with zero attached hydrogens (tertiary/aromatic N) is 3. The summed E-state index contributed by atoms with van der Waals surface area (Å²) in [6, 6.07) is 9.81. The number of rotatable bonds is 4. The normalized spacial score (nSPS) is 20.7. The van der Waals surface area contributed by atoms with Crippen molar-refractivity contribution in [3.63, 3.8) is 0 Å². The molecule has 0 atom stereocenters. The summed E-state index contributed by atoms with van der Waals surface area (Å²) in [5.74, 6) is 1.13. The maximum absolute atomic E-state index is 13.1. The van der Waals surface area contributed by atoms with Crippen LogP contribution in [0.5, 0.6) is 0 Å². The maximum atomic E-state index is 13.1. The number of anilines is 1. The average Bonchev–Trinajstić information content (AvgIpc) is 3.17. The molecule has 1 amide bonds. The first kappa shape index (κ1) is 19.8. The van der Waals surface area contributed by atoms with E-state index in [-0.39, 0.29) is 11.7 Å². The second-order valence-corrected chi connectivity index (χ2v) is 8.12. The third kappa shape index (κ3) is 4.56. The van der Waals surface area contributed by atoms with Crippen molar-refractivity contribution in [3.05, 3.63) is 52.9 Å². The Kier molecular flexibility index (Phi) is 6.04. The number of carbonyl (C=O) groups is 1. The number of hydrogen-bond donors (Lipinski definition) is 0. The van der Waals surface area contributed by atoms with Crippen molar-refractivity contribution in [2.75, 3.05) is 24.5 Å². The number of amidine groups is 1. The molecule has 2 aliphatic heterocycles. The Labute approximate surface area is 174 Å². The van der Waals surface area contributed by atoms with E-state index in [1.165, 1.54) is 49.6 Å². The smallest absolute Gasteiger partial charge is 0.266 e.